The van der Waals surface area contributed by atoms with Crippen molar-refractivity contribution in [1.82, 2.24) is 0 Å². The molecule has 0 aromatic rings. The monoisotopic (exact) mass is 228 g/mol. The maximum atomic E-state index is 5.34. The third-order valence-electron chi connectivity index (χ3n) is 1.21. The average molecular weight is 228 g/mol. The molecule has 0 aliphatic heterocycles. The fraction of sp³-hybridized carbons (Fsp3) is 1.00. The van der Waals surface area contributed by atoms with E-state index in [0.29, 0.717) is 13.2 Å². The van der Waals surface area contributed by atoms with Gasteiger partial charge in [0, 0.05) is 0 Å². The quantitative estimate of drug-likeness (QED) is 0.409. The van der Waals surface area contributed by atoms with Gasteiger partial charge in [0.2, 0.25) is 5.69 Å². The Labute approximate surface area is 85.4 Å². The Morgan fingerprint density at radius 1 is 1.17 bits per heavy atom. The number of hydrogen-bond donors (Lipinski definition) is 1. The topological polar surface area (TPSA) is 18.5 Å². The van der Waals surface area contributed by atoms with Gasteiger partial charge in [-0.1, -0.05) is 32.5 Å². The Hall–Kier alpha value is 0.920. The molecule has 0 rings (SSSR count). The van der Waals surface area contributed by atoms with Gasteiger partial charge in [0.05, 0.1) is 13.2 Å². The summed E-state index contributed by atoms with van der Waals surface area (Å²) < 4.78 is 10.6. The van der Waals surface area contributed by atoms with E-state index >= 15 is 0 Å². The highest BCUT2D eigenvalue weighted by atomic mass is 32.9. The minimum absolute atomic E-state index is 0.646. The van der Waals surface area contributed by atoms with Crippen LogP contribution in [0.3, 0.4) is 0 Å². The van der Waals surface area contributed by atoms with E-state index in [1.54, 1.807) is 0 Å². The van der Waals surface area contributed by atoms with E-state index < -0.39 is 5.69 Å². The lowest BCUT2D eigenvalue weighted by molar-refractivity contribution is 0.256. The van der Waals surface area contributed by atoms with E-state index in [1.807, 2.05) is 6.92 Å². The molecule has 0 radical (unpaired) electrons. The van der Waals surface area contributed by atoms with E-state index in [4.69, 9.17) is 20.9 Å². The van der Waals surface area contributed by atoms with Gasteiger partial charge in [-0.3, -0.25) is 0 Å². The van der Waals surface area contributed by atoms with E-state index in [2.05, 4.69) is 19.2 Å². The summed E-state index contributed by atoms with van der Waals surface area (Å²) in [5.41, 5.74) is -2.21. The number of rotatable bonds is 7. The van der Waals surface area contributed by atoms with E-state index in [9.17, 15) is 0 Å². The largest absolute Gasteiger partial charge is 0.322 e. The van der Waals surface area contributed by atoms with Crippen molar-refractivity contribution < 1.29 is 9.05 Å². The maximum absolute atomic E-state index is 5.34. The molecule has 0 heterocycles. The molecule has 12 heavy (non-hydrogen) atoms. The second kappa shape index (κ2) is 7.34. The molecule has 0 bridgehead atoms. The summed E-state index contributed by atoms with van der Waals surface area (Å²) in [6, 6.07) is 0. The van der Waals surface area contributed by atoms with Crippen LogP contribution in [0.5, 0.6) is 0 Å². The Morgan fingerprint density at radius 3 is 2.25 bits per heavy atom. The third-order valence-corrected chi connectivity index (χ3v) is 3.55. The minimum atomic E-state index is -2.21. The van der Waals surface area contributed by atoms with E-state index in [0.717, 1.165) is 19.3 Å². The number of unbranched alkanes of at least 4 members (excludes halogenated alkanes) is 1. The highest BCUT2D eigenvalue weighted by Gasteiger charge is 2.11. The first-order valence-corrected chi connectivity index (χ1v) is 8.03. The Morgan fingerprint density at radius 2 is 1.75 bits per heavy atom. The fourth-order valence-corrected chi connectivity index (χ4v) is 2.35. The van der Waals surface area contributed by atoms with Crippen molar-refractivity contribution in [3.63, 3.8) is 0 Å². The molecule has 0 aromatic carbocycles. The first kappa shape index (κ1) is 12.9. The lowest BCUT2D eigenvalue weighted by atomic mass is 10.4. The van der Waals surface area contributed by atoms with Crippen molar-refractivity contribution in [2.24, 2.45) is 0 Å². The summed E-state index contributed by atoms with van der Waals surface area (Å²) in [4.78, 5) is 0. The van der Waals surface area contributed by atoms with Crippen LogP contribution >= 0.6 is 17.9 Å². The first-order chi connectivity index (χ1) is 5.62. The lowest BCUT2D eigenvalue weighted by Gasteiger charge is -2.15. The molecule has 0 aliphatic carbocycles. The molecular weight excluding hydrogens is 211 g/mol. The molecule has 1 atom stereocenters. The average Bonchev–Trinajstić information content (AvgIpc) is 2.01. The molecule has 2 nitrogen and oxygen atoms in total. The third kappa shape index (κ3) is 7.56. The van der Waals surface area contributed by atoms with Crippen LogP contribution in [-0.4, -0.2) is 13.2 Å². The van der Waals surface area contributed by atoms with Crippen molar-refractivity contribution in [3.8, 4) is 0 Å². The SMILES string of the molecule is CCCCOP(=S)(S)OCCC. The van der Waals surface area contributed by atoms with Gasteiger partial charge in [-0.05, 0) is 24.6 Å². The van der Waals surface area contributed by atoms with Crippen molar-refractivity contribution in [2.75, 3.05) is 13.2 Å². The van der Waals surface area contributed by atoms with Crippen LogP contribution in [0.15, 0.2) is 0 Å². The molecule has 0 saturated heterocycles. The van der Waals surface area contributed by atoms with Gasteiger partial charge in [-0.25, -0.2) is 0 Å². The molecule has 74 valence electrons. The van der Waals surface area contributed by atoms with Crippen molar-refractivity contribution >= 4 is 29.7 Å². The lowest BCUT2D eigenvalue weighted by Crippen LogP contribution is -1.93. The van der Waals surface area contributed by atoms with Crippen LogP contribution in [-0.2, 0) is 20.9 Å². The van der Waals surface area contributed by atoms with Gasteiger partial charge < -0.3 is 9.05 Å². The van der Waals surface area contributed by atoms with Gasteiger partial charge in [-0.2, -0.15) is 0 Å². The Kier molecular flexibility index (Phi) is 7.90. The highest BCUT2D eigenvalue weighted by molar-refractivity contribution is 8.60. The summed E-state index contributed by atoms with van der Waals surface area (Å²) in [5, 5.41) is 0. The molecule has 0 spiro atoms. The molecule has 0 amide bonds. The standard InChI is InChI=1S/C7H17O2PS2/c1-3-5-7-9-10(11,12)8-6-4-2/h3-7H2,1-2H3,(H,11,12). The summed E-state index contributed by atoms with van der Waals surface area (Å²) in [6.07, 6.45) is 3.08. The fourth-order valence-electron chi connectivity index (χ4n) is 0.568. The van der Waals surface area contributed by atoms with Gasteiger partial charge in [0.15, 0.2) is 0 Å². The van der Waals surface area contributed by atoms with Crippen LogP contribution < -0.4 is 0 Å². The molecule has 5 heteroatoms. The summed E-state index contributed by atoms with van der Waals surface area (Å²) in [5.74, 6) is 0. The molecule has 0 aliphatic rings. The van der Waals surface area contributed by atoms with Crippen LogP contribution in [0.25, 0.3) is 0 Å². The Bertz CT molecular complexity index is 152. The number of hydrogen-bond acceptors (Lipinski definition) is 3. The van der Waals surface area contributed by atoms with Gasteiger partial charge in [0.1, 0.15) is 0 Å². The number of thiol groups is 1. The van der Waals surface area contributed by atoms with Crippen LogP contribution in [0.4, 0.5) is 0 Å². The maximum Gasteiger partial charge on any atom is 0.244 e. The van der Waals surface area contributed by atoms with Crippen LogP contribution in [0, 0.1) is 0 Å². The summed E-state index contributed by atoms with van der Waals surface area (Å²) in [7, 11) is 0. The normalized spacial score (nSPS) is 15.9. The predicted octanol–water partition coefficient (Wildman–Crippen LogP) is 3.38. The van der Waals surface area contributed by atoms with Crippen LogP contribution in [0.2, 0.25) is 0 Å². The van der Waals surface area contributed by atoms with E-state index in [-0.39, 0.29) is 0 Å². The zero-order chi connectivity index (χ0) is 9.45. The highest BCUT2D eigenvalue weighted by Crippen LogP contribution is 2.53. The second-order valence-electron chi connectivity index (χ2n) is 2.49. The molecule has 0 N–H and O–H groups in total. The first-order valence-electron chi connectivity index (χ1n) is 4.24. The second-order valence-corrected chi connectivity index (χ2v) is 7.78. The van der Waals surface area contributed by atoms with E-state index in [1.165, 1.54) is 0 Å². The van der Waals surface area contributed by atoms with Crippen molar-refractivity contribution in [1.29, 1.82) is 0 Å². The smallest absolute Gasteiger partial charge is 0.244 e. The van der Waals surface area contributed by atoms with Crippen LogP contribution in [0.1, 0.15) is 33.1 Å². The minimum Gasteiger partial charge on any atom is -0.322 e. The summed E-state index contributed by atoms with van der Waals surface area (Å²) in [6.45, 7) is 5.46. The zero-order valence-corrected chi connectivity index (χ0v) is 10.3. The molecule has 0 saturated carbocycles. The van der Waals surface area contributed by atoms with Crippen molar-refractivity contribution in [2.45, 2.75) is 33.1 Å². The Balaban J connectivity index is 3.49. The molecule has 0 aromatic heterocycles. The van der Waals surface area contributed by atoms with Gasteiger partial charge in [-0.15, -0.1) is 0 Å². The zero-order valence-electron chi connectivity index (χ0n) is 7.65. The van der Waals surface area contributed by atoms with Gasteiger partial charge in [0.25, 0.3) is 0 Å². The predicted molar refractivity (Wildman–Crippen MR) is 60.4 cm³/mol. The molecule has 0 fully saturated rings. The van der Waals surface area contributed by atoms with Crippen molar-refractivity contribution in [3.05, 3.63) is 0 Å². The summed E-state index contributed by atoms with van der Waals surface area (Å²) >= 11 is 9.23. The van der Waals surface area contributed by atoms with Gasteiger partial charge >= 0.3 is 0 Å². The molecular formula is C7H17O2PS2. The molecule has 1 unspecified atom stereocenters.